The van der Waals surface area contributed by atoms with Crippen LogP contribution in [0.15, 0.2) is 34.5 Å². The topological polar surface area (TPSA) is 63.4 Å². The molecule has 1 atom stereocenters. The van der Waals surface area contributed by atoms with Gasteiger partial charge in [0.1, 0.15) is 4.90 Å². The third kappa shape index (κ3) is 2.27. The van der Waals surface area contributed by atoms with Gasteiger partial charge in [-0.15, -0.1) is 11.3 Å². The molecule has 0 saturated heterocycles. The first-order valence-electron chi connectivity index (χ1n) is 6.86. The summed E-state index contributed by atoms with van der Waals surface area (Å²) in [5, 5.41) is 2.03. The van der Waals surface area contributed by atoms with Crippen LogP contribution in [-0.2, 0) is 16.4 Å². The predicted octanol–water partition coefficient (Wildman–Crippen LogP) is 2.95. The van der Waals surface area contributed by atoms with Gasteiger partial charge in [-0.2, -0.15) is 4.31 Å². The summed E-state index contributed by atoms with van der Waals surface area (Å²) >= 11 is 1.70. The Morgan fingerprint density at radius 3 is 2.81 bits per heavy atom. The van der Waals surface area contributed by atoms with Crippen molar-refractivity contribution in [2.24, 2.45) is 0 Å². The van der Waals surface area contributed by atoms with E-state index in [1.54, 1.807) is 40.8 Å². The van der Waals surface area contributed by atoms with E-state index < -0.39 is 10.0 Å². The third-order valence-electron chi connectivity index (χ3n) is 4.03. The number of aryl methyl sites for hydroxylation is 1. The summed E-state index contributed by atoms with van der Waals surface area (Å²) in [4.78, 5) is 1.53. The Balaban J connectivity index is 2.08. The number of nitrogen functional groups attached to an aromatic ring is 1. The Hall–Kier alpha value is -1.37. The summed E-state index contributed by atoms with van der Waals surface area (Å²) in [6, 6.07) is 7.08. The molecule has 112 valence electrons. The molecule has 1 aliphatic rings. The molecule has 2 aromatic rings. The van der Waals surface area contributed by atoms with Crippen molar-refractivity contribution in [3.8, 4) is 0 Å². The number of hydrogen-bond donors (Lipinski definition) is 1. The summed E-state index contributed by atoms with van der Waals surface area (Å²) in [7, 11) is -3.58. The molecule has 0 aliphatic carbocycles. The van der Waals surface area contributed by atoms with Gasteiger partial charge in [-0.3, -0.25) is 0 Å². The first kappa shape index (κ1) is 14.6. The summed E-state index contributed by atoms with van der Waals surface area (Å²) in [5.41, 5.74) is 8.05. The standard InChI is InChI=1S/C15H18N2O2S2/c1-10-4-3-5-13(16)15(10)21(18,19)17-8-6-14-12(11(17)2)7-9-20-14/h3-5,7,9,11H,6,8,16H2,1-2H3. The van der Waals surface area contributed by atoms with E-state index in [-0.39, 0.29) is 10.9 Å². The number of rotatable bonds is 2. The van der Waals surface area contributed by atoms with E-state index in [1.807, 2.05) is 18.4 Å². The fourth-order valence-corrected chi connectivity index (χ4v) is 5.86. The molecule has 2 heterocycles. The summed E-state index contributed by atoms with van der Waals surface area (Å²) in [5.74, 6) is 0. The Labute approximate surface area is 129 Å². The van der Waals surface area contributed by atoms with Crippen LogP contribution < -0.4 is 5.73 Å². The number of sulfonamides is 1. The fraction of sp³-hybridized carbons (Fsp3) is 0.333. The van der Waals surface area contributed by atoms with Gasteiger partial charge in [0.2, 0.25) is 10.0 Å². The van der Waals surface area contributed by atoms with Gasteiger partial charge in [0, 0.05) is 17.5 Å². The van der Waals surface area contributed by atoms with Crippen molar-refractivity contribution < 1.29 is 8.42 Å². The molecule has 1 aromatic carbocycles. The zero-order valence-corrected chi connectivity index (χ0v) is 13.7. The predicted molar refractivity (Wildman–Crippen MR) is 85.9 cm³/mol. The highest BCUT2D eigenvalue weighted by atomic mass is 32.2. The molecular formula is C15H18N2O2S2. The molecule has 4 nitrogen and oxygen atoms in total. The van der Waals surface area contributed by atoms with E-state index in [2.05, 4.69) is 0 Å². The van der Waals surface area contributed by atoms with Gasteiger partial charge in [0.25, 0.3) is 0 Å². The Morgan fingerprint density at radius 1 is 1.33 bits per heavy atom. The zero-order valence-electron chi connectivity index (χ0n) is 12.0. The van der Waals surface area contributed by atoms with Crippen molar-refractivity contribution in [1.82, 2.24) is 4.31 Å². The van der Waals surface area contributed by atoms with Crippen LogP contribution in [0.2, 0.25) is 0 Å². The molecule has 0 spiro atoms. The lowest BCUT2D eigenvalue weighted by Gasteiger charge is -2.33. The van der Waals surface area contributed by atoms with E-state index in [0.717, 1.165) is 12.0 Å². The van der Waals surface area contributed by atoms with E-state index in [4.69, 9.17) is 5.73 Å². The number of fused-ring (bicyclic) bond motifs is 1. The molecular weight excluding hydrogens is 304 g/mol. The van der Waals surface area contributed by atoms with Gasteiger partial charge in [-0.25, -0.2) is 8.42 Å². The number of nitrogens with zero attached hydrogens (tertiary/aromatic N) is 1. The van der Waals surface area contributed by atoms with Gasteiger partial charge >= 0.3 is 0 Å². The van der Waals surface area contributed by atoms with Crippen LogP contribution in [0.1, 0.15) is 29.0 Å². The van der Waals surface area contributed by atoms with Crippen LogP contribution in [0.4, 0.5) is 5.69 Å². The Kier molecular flexibility index (Phi) is 3.55. The molecule has 1 aliphatic heterocycles. The maximum atomic E-state index is 13.0. The van der Waals surface area contributed by atoms with Crippen molar-refractivity contribution in [3.63, 3.8) is 0 Å². The molecule has 0 radical (unpaired) electrons. The van der Waals surface area contributed by atoms with E-state index in [1.165, 1.54) is 4.88 Å². The first-order chi connectivity index (χ1) is 9.93. The van der Waals surface area contributed by atoms with Crippen LogP contribution in [0, 0.1) is 6.92 Å². The van der Waals surface area contributed by atoms with E-state index >= 15 is 0 Å². The molecule has 0 fully saturated rings. The number of thiophene rings is 1. The van der Waals surface area contributed by atoms with Crippen molar-refractivity contribution in [2.45, 2.75) is 31.2 Å². The SMILES string of the molecule is Cc1cccc(N)c1S(=O)(=O)N1CCc2sccc2C1C. The minimum atomic E-state index is -3.58. The lowest BCUT2D eigenvalue weighted by Crippen LogP contribution is -2.38. The largest absolute Gasteiger partial charge is 0.398 e. The maximum absolute atomic E-state index is 13.0. The lowest BCUT2D eigenvalue weighted by molar-refractivity contribution is 0.329. The second kappa shape index (κ2) is 5.12. The summed E-state index contributed by atoms with van der Waals surface area (Å²) in [6.45, 7) is 4.23. The van der Waals surface area contributed by atoms with Gasteiger partial charge < -0.3 is 5.73 Å². The highest BCUT2D eigenvalue weighted by Crippen LogP contribution is 2.38. The number of benzene rings is 1. The molecule has 2 N–H and O–H groups in total. The molecule has 6 heteroatoms. The molecule has 1 aromatic heterocycles. The lowest BCUT2D eigenvalue weighted by atomic mass is 10.0. The minimum Gasteiger partial charge on any atom is -0.398 e. The van der Waals surface area contributed by atoms with E-state index in [0.29, 0.717) is 17.8 Å². The highest BCUT2D eigenvalue weighted by molar-refractivity contribution is 7.89. The Morgan fingerprint density at radius 2 is 2.10 bits per heavy atom. The van der Waals surface area contributed by atoms with Gasteiger partial charge in [0.05, 0.1) is 5.69 Å². The molecule has 0 amide bonds. The monoisotopic (exact) mass is 322 g/mol. The number of anilines is 1. The Bertz CT molecular complexity index is 760. The number of hydrogen-bond acceptors (Lipinski definition) is 4. The van der Waals surface area contributed by atoms with Crippen molar-refractivity contribution >= 4 is 27.0 Å². The van der Waals surface area contributed by atoms with Crippen LogP contribution in [0.5, 0.6) is 0 Å². The smallest absolute Gasteiger partial charge is 0.245 e. The van der Waals surface area contributed by atoms with Gasteiger partial charge in [-0.05, 0) is 48.9 Å². The van der Waals surface area contributed by atoms with Gasteiger partial charge in [-0.1, -0.05) is 12.1 Å². The normalized spacial score (nSPS) is 19.4. The second-order valence-electron chi connectivity index (χ2n) is 5.33. The van der Waals surface area contributed by atoms with Crippen molar-refractivity contribution in [3.05, 3.63) is 45.6 Å². The molecule has 1 unspecified atom stereocenters. The maximum Gasteiger partial charge on any atom is 0.245 e. The number of nitrogens with two attached hydrogens (primary N) is 1. The second-order valence-corrected chi connectivity index (χ2v) is 8.16. The molecule has 0 saturated carbocycles. The zero-order chi connectivity index (χ0) is 15.2. The van der Waals surface area contributed by atoms with Crippen LogP contribution >= 0.6 is 11.3 Å². The van der Waals surface area contributed by atoms with Crippen molar-refractivity contribution in [1.29, 1.82) is 0 Å². The van der Waals surface area contributed by atoms with Gasteiger partial charge in [0.15, 0.2) is 0 Å². The van der Waals surface area contributed by atoms with E-state index in [9.17, 15) is 8.42 Å². The van der Waals surface area contributed by atoms with Crippen LogP contribution in [0.25, 0.3) is 0 Å². The average molecular weight is 322 g/mol. The first-order valence-corrected chi connectivity index (χ1v) is 9.18. The van der Waals surface area contributed by atoms with Crippen molar-refractivity contribution in [2.75, 3.05) is 12.3 Å². The minimum absolute atomic E-state index is 0.149. The highest BCUT2D eigenvalue weighted by Gasteiger charge is 2.36. The average Bonchev–Trinajstić information content (AvgIpc) is 2.87. The fourth-order valence-electron chi connectivity index (χ4n) is 2.96. The third-order valence-corrected chi connectivity index (χ3v) is 7.22. The molecule has 21 heavy (non-hydrogen) atoms. The molecule has 0 bridgehead atoms. The molecule has 3 rings (SSSR count). The van der Waals surface area contributed by atoms with Crippen LogP contribution in [0.3, 0.4) is 0 Å². The van der Waals surface area contributed by atoms with Crippen LogP contribution in [-0.4, -0.2) is 19.3 Å². The summed E-state index contributed by atoms with van der Waals surface area (Å²) in [6.07, 6.45) is 0.766. The summed E-state index contributed by atoms with van der Waals surface area (Å²) < 4.78 is 27.6. The quantitative estimate of drug-likeness (QED) is 0.865.